The van der Waals surface area contributed by atoms with E-state index in [1.165, 1.54) is 0 Å². The molecule has 1 aromatic heterocycles. The van der Waals surface area contributed by atoms with Crippen molar-refractivity contribution in [3.05, 3.63) is 50.6 Å². The molecule has 100 valence electrons. The van der Waals surface area contributed by atoms with Gasteiger partial charge in [0.15, 0.2) is 0 Å². The number of halogens is 1. The smallest absolute Gasteiger partial charge is 0.313 e. The van der Waals surface area contributed by atoms with Crippen LogP contribution in [0.15, 0.2) is 40.2 Å². The molecule has 0 bridgehead atoms. The molecule has 1 atom stereocenters. The van der Waals surface area contributed by atoms with Gasteiger partial charge in [-0.25, -0.2) is 0 Å². The first-order valence-corrected chi connectivity index (χ1v) is 7.49. The standard InChI is InChI=1S/C14H14BrNO2S/c1-9(10-3-2-4-11(16)7-10)14(17)18-8-13-12(15)5-6-19-13/h2-7,9H,8,16H2,1H3. The van der Waals surface area contributed by atoms with E-state index in [9.17, 15) is 4.79 Å². The van der Waals surface area contributed by atoms with Gasteiger partial charge in [0.05, 0.1) is 10.8 Å². The minimum absolute atomic E-state index is 0.245. The second kappa shape index (κ2) is 6.21. The summed E-state index contributed by atoms with van der Waals surface area (Å²) in [6.45, 7) is 2.12. The van der Waals surface area contributed by atoms with Crippen LogP contribution in [-0.4, -0.2) is 5.97 Å². The third-order valence-corrected chi connectivity index (χ3v) is 4.70. The van der Waals surface area contributed by atoms with Crippen LogP contribution in [0, 0.1) is 0 Å². The minimum Gasteiger partial charge on any atom is -0.459 e. The van der Waals surface area contributed by atoms with E-state index in [-0.39, 0.29) is 11.9 Å². The quantitative estimate of drug-likeness (QED) is 0.678. The average molecular weight is 340 g/mol. The Hall–Kier alpha value is -1.33. The Labute approximate surface area is 124 Å². The number of ether oxygens (including phenoxy) is 1. The molecule has 0 aliphatic carbocycles. The van der Waals surface area contributed by atoms with Gasteiger partial charge in [-0.1, -0.05) is 12.1 Å². The minimum atomic E-state index is -0.317. The van der Waals surface area contributed by atoms with E-state index in [0.717, 1.165) is 14.9 Å². The van der Waals surface area contributed by atoms with Crippen LogP contribution >= 0.6 is 27.3 Å². The van der Waals surface area contributed by atoms with Crippen molar-refractivity contribution >= 4 is 38.9 Å². The fraction of sp³-hybridized carbons (Fsp3) is 0.214. The lowest BCUT2D eigenvalue weighted by molar-refractivity contribution is -0.146. The summed E-state index contributed by atoms with van der Waals surface area (Å²) in [4.78, 5) is 13.0. The van der Waals surface area contributed by atoms with Gasteiger partial charge in [0.25, 0.3) is 0 Å². The van der Waals surface area contributed by atoms with Crippen molar-refractivity contribution in [1.82, 2.24) is 0 Å². The SMILES string of the molecule is CC(C(=O)OCc1sccc1Br)c1cccc(N)c1. The Morgan fingerprint density at radius 2 is 2.26 bits per heavy atom. The molecule has 0 saturated heterocycles. The number of thiophene rings is 1. The van der Waals surface area contributed by atoms with Crippen LogP contribution in [0.3, 0.4) is 0 Å². The molecule has 1 heterocycles. The highest BCUT2D eigenvalue weighted by Gasteiger charge is 2.17. The first-order valence-electron chi connectivity index (χ1n) is 5.82. The monoisotopic (exact) mass is 339 g/mol. The second-order valence-electron chi connectivity index (χ2n) is 4.19. The lowest BCUT2D eigenvalue weighted by atomic mass is 10.0. The summed E-state index contributed by atoms with van der Waals surface area (Å²) in [5.41, 5.74) is 7.23. The molecule has 2 N–H and O–H groups in total. The van der Waals surface area contributed by atoms with Crippen LogP contribution in [-0.2, 0) is 16.1 Å². The molecule has 0 aliphatic rings. The van der Waals surface area contributed by atoms with E-state index < -0.39 is 0 Å². The summed E-state index contributed by atoms with van der Waals surface area (Å²) >= 11 is 4.97. The summed E-state index contributed by atoms with van der Waals surface area (Å²) in [6, 6.07) is 9.25. The molecule has 2 aromatic rings. The number of rotatable bonds is 4. The zero-order chi connectivity index (χ0) is 13.8. The molecule has 5 heteroatoms. The summed E-state index contributed by atoms with van der Waals surface area (Å²) in [5, 5.41) is 1.95. The van der Waals surface area contributed by atoms with Gasteiger partial charge in [-0.3, -0.25) is 4.79 Å². The summed E-state index contributed by atoms with van der Waals surface area (Å²) < 4.78 is 6.30. The Morgan fingerprint density at radius 1 is 1.47 bits per heavy atom. The normalized spacial score (nSPS) is 12.1. The fourth-order valence-electron chi connectivity index (χ4n) is 1.65. The van der Waals surface area contributed by atoms with Crippen LogP contribution in [0.25, 0.3) is 0 Å². The molecular weight excluding hydrogens is 326 g/mol. The highest BCUT2D eigenvalue weighted by atomic mass is 79.9. The van der Waals surface area contributed by atoms with Gasteiger partial charge in [-0.15, -0.1) is 11.3 Å². The molecule has 0 amide bonds. The van der Waals surface area contributed by atoms with Crippen molar-refractivity contribution in [3.63, 3.8) is 0 Å². The largest absolute Gasteiger partial charge is 0.459 e. The number of nitrogens with two attached hydrogens (primary N) is 1. The molecule has 0 aliphatic heterocycles. The zero-order valence-electron chi connectivity index (χ0n) is 10.4. The van der Waals surface area contributed by atoms with Crippen molar-refractivity contribution in [3.8, 4) is 0 Å². The van der Waals surface area contributed by atoms with Gasteiger partial charge < -0.3 is 10.5 Å². The first kappa shape index (κ1) is 14.1. The molecule has 2 rings (SSSR count). The van der Waals surface area contributed by atoms with Crippen molar-refractivity contribution in [2.24, 2.45) is 0 Å². The van der Waals surface area contributed by atoms with Crippen LogP contribution in [0.5, 0.6) is 0 Å². The topological polar surface area (TPSA) is 52.3 Å². The van der Waals surface area contributed by atoms with E-state index in [1.54, 1.807) is 23.5 Å². The molecular formula is C14H14BrNO2S. The molecule has 0 spiro atoms. The first-order chi connectivity index (χ1) is 9.08. The van der Waals surface area contributed by atoms with E-state index >= 15 is 0 Å². The Balaban J connectivity index is 1.98. The van der Waals surface area contributed by atoms with Crippen molar-refractivity contribution in [2.45, 2.75) is 19.4 Å². The van der Waals surface area contributed by atoms with Gasteiger partial charge in [0.2, 0.25) is 0 Å². The second-order valence-corrected chi connectivity index (χ2v) is 6.05. The van der Waals surface area contributed by atoms with Gasteiger partial charge in [0.1, 0.15) is 6.61 Å². The number of anilines is 1. The molecule has 1 unspecified atom stereocenters. The average Bonchev–Trinajstić information content (AvgIpc) is 2.80. The van der Waals surface area contributed by atoms with Crippen molar-refractivity contribution < 1.29 is 9.53 Å². The third-order valence-electron chi connectivity index (χ3n) is 2.80. The maximum absolute atomic E-state index is 12.0. The molecule has 0 fully saturated rings. The van der Waals surface area contributed by atoms with E-state index in [2.05, 4.69) is 15.9 Å². The number of carbonyl (C=O) groups excluding carboxylic acids is 1. The Morgan fingerprint density at radius 3 is 2.89 bits per heavy atom. The van der Waals surface area contributed by atoms with E-state index in [4.69, 9.17) is 10.5 Å². The molecule has 3 nitrogen and oxygen atoms in total. The molecule has 1 aromatic carbocycles. The summed E-state index contributed by atoms with van der Waals surface area (Å²) in [7, 11) is 0. The Kier molecular flexibility index (Phi) is 4.61. The molecule has 0 radical (unpaired) electrons. The number of esters is 1. The van der Waals surface area contributed by atoms with Crippen molar-refractivity contribution in [1.29, 1.82) is 0 Å². The lowest BCUT2D eigenvalue weighted by Crippen LogP contribution is -2.13. The number of carbonyl (C=O) groups is 1. The van der Waals surface area contributed by atoms with Crippen LogP contribution in [0.4, 0.5) is 5.69 Å². The van der Waals surface area contributed by atoms with Gasteiger partial charge in [-0.05, 0) is 52.0 Å². The van der Waals surface area contributed by atoms with Gasteiger partial charge >= 0.3 is 5.97 Å². The van der Waals surface area contributed by atoms with Crippen LogP contribution in [0.1, 0.15) is 23.3 Å². The van der Waals surface area contributed by atoms with E-state index in [1.807, 2.05) is 30.5 Å². The number of hydrogen-bond donors (Lipinski definition) is 1. The number of nitrogen functional groups attached to an aromatic ring is 1. The summed E-state index contributed by atoms with van der Waals surface area (Å²) in [5.74, 6) is -0.562. The lowest BCUT2D eigenvalue weighted by Gasteiger charge is -2.12. The molecule has 0 saturated carbocycles. The predicted octanol–water partition coefficient (Wildman–Crippen LogP) is 3.94. The van der Waals surface area contributed by atoms with E-state index in [0.29, 0.717) is 12.3 Å². The zero-order valence-corrected chi connectivity index (χ0v) is 12.8. The van der Waals surface area contributed by atoms with Crippen molar-refractivity contribution in [2.75, 3.05) is 5.73 Å². The number of hydrogen-bond acceptors (Lipinski definition) is 4. The fourth-order valence-corrected chi connectivity index (χ4v) is 3.03. The van der Waals surface area contributed by atoms with Crippen LogP contribution in [0.2, 0.25) is 0 Å². The Bertz CT molecular complexity index is 582. The maximum Gasteiger partial charge on any atom is 0.313 e. The van der Waals surface area contributed by atoms with Gasteiger partial charge in [0, 0.05) is 10.2 Å². The third kappa shape index (κ3) is 3.58. The maximum atomic E-state index is 12.0. The predicted molar refractivity (Wildman–Crippen MR) is 81.1 cm³/mol. The highest BCUT2D eigenvalue weighted by molar-refractivity contribution is 9.10. The number of benzene rings is 1. The van der Waals surface area contributed by atoms with Crippen LogP contribution < -0.4 is 5.73 Å². The van der Waals surface area contributed by atoms with Gasteiger partial charge in [-0.2, -0.15) is 0 Å². The summed E-state index contributed by atoms with van der Waals surface area (Å²) in [6.07, 6.45) is 0. The molecule has 19 heavy (non-hydrogen) atoms. The highest BCUT2D eigenvalue weighted by Crippen LogP contribution is 2.25.